The highest BCUT2D eigenvalue weighted by atomic mass is 16.6. The molecule has 6 nitrogen and oxygen atoms in total. The van der Waals surface area contributed by atoms with E-state index in [2.05, 4.69) is 24.5 Å². The number of amides is 1. The first-order chi connectivity index (χ1) is 10.4. The van der Waals surface area contributed by atoms with Crippen LogP contribution in [0.5, 0.6) is 0 Å². The second-order valence-corrected chi connectivity index (χ2v) is 7.90. The molecule has 136 valence electrons. The van der Waals surface area contributed by atoms with Crippen molar-refractivity contribution in [3.05, 3.63) is 0 Å². The molecule has 0 rings (SSSR count). The van der Waals surface area contributed by atoms with Crippen molar-refractivity contribution in [3.63, 3.8) is 0 Å². The van der Waals surface area contributed by atoms with E-state index < -0.39 is 23.7 Å². The molecule has 0 aromatic rings. The van der Waals surface area contributed by atoms with E-state index in [4.69, 9.17) is 4.74 Å². The van der Waals surface area contributed by atoms with Crippen LogP contribution in [0.4, 0.5) is 4.79 Å². The van der Waals surface area contributed by atoms with Gasteiger partial charge in [-0.15, -0.1) is 0 Å². The van der Waals surface area contributed by atoms with E-state index in [-0.39, 0.29) is 12.0 Å². The highest BCUT2D eigenvalue weighted by Crippen LogP contribution is 2.10. The van der Waals surface area contributed by atoms with Gasteiger partial charge in [0.05, 0.1) is 0 Å². The maximum atomic E-state index is 11.9. The molecule has 0 bridgehead atoms. The average molecular weight is 330 g/mol. The molecule has 6 heteroatoms. The van der Waals surface area contributed by atoms with Gasteiger partial charge in [0.25, 0.3) is 0 Å². The summed E-state index contributed by atoms with van der Waals surface area (Å²) in [5.74, 6) is -0.199. The zero-order chi connectivity index (χ0) is 18.2. The van der Waals surface area contributed by atoms with Gasteiger partial charge in [-0.05, 0) is 45.4 Å². The zero-order valence-electron chi connectivity index (χ0n) is 15.6. The van der Waals surface area contributed by atoms with Gasteiger partial charge in [-0.2, -0.15) is 0 Å². The molecule has 1 amide bonds. The minimum absolute atomic E-state index is 0.168. The molecule has 23 heavy (non-hydrogen) atoms. The Bertz CT molecular complexity index is 375. The van der Waals surface area contributed by atoms with Gasteiger partial charge in [-0.1, -0.05) is 27.7 Å². The van der Waals surface area contributed by atoms with Crippen molar-refractivity contribution in [2.75, 3.05) is 6.54 Å². The number of carbonyl (C=O) groups excluding carboxylic acids is 1. The molecule has 2 atom stereocenters. The van der Waals surface area contributed by atoms with E-state index in [1.807, 2.05) is 34.6 Å². The maximum Gasteiger partial charge on any atom is 0.407 e. The summed E-state index contributed by atoms with van der Waals surface area (Å²) < 4.78 is 5.27. The van der Waals surface area contributed by atoms with Crippen LogP contribution in [0.2, 0.25) is 0 Å². The van der Waals surface area contributed by atoms with E-state index >= 15 is 0 Å². The Labute approximate surface area is 140 Å². The third-order valence-electron chi connectivity index (χ3n) is 3.09. The second-order valence-electron chi connectivity index (χ2n) is 7.90. The molecular weight excluding hydrogens is 296 g/mol. The predicted molar refractivity (Wildman–Crippen MR) is 91.5 cm³/mol. The SMILES string of the molecule is CC(C)C[C@H](CN[C@H](CC(C)C)C(=O)O)NC(=O)OC(C)(C)C. The minimum atomic E-state index is -0.862. The lowest BCUT2D eigenvalue weighted by Crippen LogP contribution is -2.49. The molecule has 0 spiro atoms. The van der Waals surface area contributed by atoms with Crippen molar-refractivity contribution < 1.29 is 19.4 Å². The fraction of sp³-hybridized carbons (Fsp3) is 0.882. The van der Waals surface area contributed by atoms with Gasteiger partial charge in [0.15, 0.2) is 0 Å². The number of ether oxygens (including phenoxy) is 1. The van der Waals surface area contributed by atoms with E-state index in [0.29, 0.717) is 18.9 Å². The first-order valence-corrected chi connectivity index (χ1v) is 8.36. The number of aliphatic carboxylic acids is 1. The molecule has 0 heterocycles. The topological polar surface area (TPSA) is 87.7 Å². The Balaban J connectivity index is 4.65. The van der Waals surface area contributed by atoms with Gasteiger partial charge in [-0.3, -0.25) is 4.79 Å². The lowest BCUT2D eigenvalue weighted by Gasteiger charge is -2.26. The van der Waals surface area contributed by atoms with Crippen molar-refractivity contribution in [1.29, 1.82) is 0 Å². The Morgan fingerprint density at radius 1 is 1.04 bits per heavy atom. The van der Waals surface area contributed by atoms with Crippen molar-refractivity contribution >= 4 is 12.1 Å². The average Bonchev–Trinajstić information content (AvgIpc) is 2.29. The fourth-order valence-corrected chi connectivity index (χ4v) is 2.26. The van der Waals surface area contributed by atoms with E-state index in [9.17, 15) is 14.7 Å². The summed E-state index contributed by atoms with van der Waals surface area (Å²) >= 11 is 0. The number of rotatable bonds is 9. The standard InChI is InChI=1S/C17H34N2O4/c1-11(2)8-13(19-16(22)23-17(5,6)7)10-18-14(15(20)21)9-12(3)4/h11-14,18H,8-10H2,1-7H3,(H,19,22)(H,20,21)/t13-,14-/m1/s1. The first kappa shape index (κ1) is 21.7. The number of nitrogens with one attached hydrogen (secondary N) is 2. The van der Waals surface area contributed by atoms with Crippen LogP contribution < -0.4 is 10.6 Å². The number of alkyl carbamates (subject to hydrolysis) is 1. The molecule has 0 saturated heterocycles. The van der Waals surface area contributed by atoms with E-state index in [0.717, 1.165) is 6.42 Å². The maximum absolute atomic E-state index is 11.9. The predicted octanol–water partition coefficient (Wildman–Crippen LogP) is 3.01. The van der Waals surface area contributed by atoms with Crippen LogP contribution >= 0.6 is 0 Å². The minimum Gasteiger partial charge on any atom is -0.480 e. The van der Waals surface area contributed by atoms with Crippen molar-refractivity contribution in [1.82, 2.24) is 10.6 Å². The van der Waals surface area contributed by atoms with Crippen LogP contribution in [0.25, 0.3) is 0 Å². The molecule has 0 aliphatic rings. The molecule has 0 aliphatic carbocycles. The van der Waals surface area contributed by atoms with Crippen LogP contribution in [0.1, 0.15) is 61.3 Å². The van der Waals surface area contributed by atoms with Crippen LogP contribution in [-0.4, -0.2) is 41.4 Å². The summed E-state index contributed by atoms with van der Waals surface area (Å²) in [6.45, 7) is 13.9. The Morgan fingerprint density at radius 2 is 1.57 bits per heavy atom. The van der Waals surface area contributed by atoms with Crippen molar-refractivity contribution in [2.45, 2.75) is 79.0 Å². The third kappa shape index (κ3) is 11.9. The van der Waals surface area contributed by atoms with Gasteiger partial charge >= 0.3 is 12.1 Å². The molecule has 0 aromatic heterocycles. The number of carbonyl (C=O) groups is 2. The van der Waals surface area contributed by atoms with Gasteiger partial charge in [0.2, 0.25) is 0 Å². The summed E-state index contributed by atoms with van der Waals surface area (Å²) in [5, 5.41) is 15.2. The summed E-state index contributed by atoms with van der Waals surface area (Å²) in [4.78, 5) is 23.2. The van der Waals surface area contributed by atoms with Crippen LogP contribution in [0.15, 0.2) is 0 Å². The highest BCUT2D eigenvalue weighted by molar-refractivity contribution is 5.73. The number of hydrogen-bond donors (Lipinski definition) is 3. The smallest absolute Gasteiger partial charge is 0.407 e. The van der Waals surface area contributed by atoms with Crippen LogP contribution in [0, 0.1) is 11.8 Å². The van der Waals surface area contributed by atoms with Gasteiger partial charge < -0.3 is 20.5 Å². The van der Waals surface area contributed by atoms with E-state index in [1.54, 1.807) is 0 Å². The lowest BCUT2D eigenvalue weighted by molar-refractivity contribution is -0.139. The summed E-state index contributed by atoms with van der Waals surface area (Å²) in [6, 6.07) is -0.774. The largest absolute Gasteiger partial charge is 0.480 e. The van der Waals surface area contributed by atoms with Crippen molar-refractivity contribution in [2.24, 2.45) is 11.8 Å². The van der Waals surface area contributed by atoms with Crippen LogP contribution in [0.3, 0.4) is 0 Å². The Hall–Kier alpha value is -1.30. The number of hydrogen-bond acceptors (Lipinski definition) is 4. The quantitative estimate of drug-likeness (QED) is 0.605. The van der Waals surface area contributed by atoms with Gasteiger partial charge in [0.1, 0.15) is 11.6 Å². The molecule has 0 aliphatic heterocycles. The Kier molecular flexibility index (Phi) is 9.20. The highest BCUT2D eigenvalue weighted by Gasteiger charge is 2.23. The molecule has 3 N–H and O–H groups in total. The first-order valence-electron chi connectivity index (χ1n) is 8.36. The second kappa shape index (κ2) is 9.75. The van der Waals surface area contributed by atoms with E-state index in [1.165, 1.54) is 0 Å². The number of carboxylic acid groups (broad SMARTS) is 1. The molecular formula is C17H34N2O4. The number of carboxylic acids is 1. The van der Waals surface area contributed by atoms with Gasteiger partial charge in [0, 0.05) is 12.6 Å². The zero-order valence-corrected chi connectivity index (χ0v) is 15.6. The fourth-order valence-electron chi connectivity index (χ4n) is 2.26. The summed E-state index contributed by atoms with van der Waals surface area (Å²) in [7, 11) is 0. The molecule has 0 aromatic carbocycles. The third-order valence-corrected chi connectivity index (χ3v) is 3.09. The monoisotopic (exact) mass is 330 g/mol. The summed E-state index contributed by atoms with van der Waals surface area (Å²) in [5.41, 5.74) is -0.554. The van der Waals surface area contributed by atoms with Crippen molar-refractivity contribution in [3.8, 4) is 0 Å². The Morgan fingerprint density at radius 3 is 1.96 bits per heavy atom. The van der Waals surface area contributed by atoms with Crippen LogP contribution in [-0.2, 0) is 9.53 Å². The normalized spacial score (nSPS) is 14.7. The molecule has 0 unspecified atom stereocenters. The molecule has 0 radical (unpaired) electrons. The summed E-state index contributed by atoms with van der Waals surface area (Å²) in [6.07, 6.45) is 0.830. The van der Waals surface area contributed by atoms with Gasteiger partial charge in [-0.25, -0.2) is 4.79 Å². The lowest BCUT2D eigenvalue weighted by atomic mass is 10.0. The molecule has 0 saturated carbocycles. The molecule has 0 fully saturated rings.